The van der Waals surface area contributed by atoms with Crippen LogP contribution in [0.2, 0.25) is 0 Å². The van der Waals surface area contributed by atoms with E-state index in [1.54, 1.807) is 0 Å². The van der Waals surface area contributed by atoms with Crippen LogP contribution in [0.1, 0.15) is 4.28 Å². The first kappa shape index (κ1) is 44.2. The van der Waals surface area contributed by atoms with Gasteiger partial charge in [-0.25, -0.2) is 0 Å². The molecule has 0 aliphatic heterocycles. The number of rotatable bonds is 0. The standard InChI is InChI=1S/Ce.2ClH.3Na.3H/h;2*1H;;;;;;/q;;;3*+1;3*-1. The minimum Gasteiger partial charge on any atom is -1.00 e. The molecular weight excluding hydrogens is 280 g/mol. The third-order valence-electron chi connectivity index (χ3n) is 0. The Morgan fingerprint density at radius 3 is 0.667 bits per heavy atom. The SMILES string of the molecule is Cl.Cl.[Ce].[H-].[H-].[H-].[Na+].[Na+].[Na+]. The van der Waals surface area contributed by atoms with E-state index in [0.717, 1.165) is 0 Å². The van der Waals surface area contributed by atoms with Crippen LogP contribution in [0.3, 0.4) is 0 Å². The van der Waals surface area contributed by atoms with Gasteiger partial charge in [-0.3, -0.25) is 0 Å². The van der Waals surface area contributed by atoms with Crippen LogP contribution in [0.5, 0.6) is 0 Å². The Hall–Kier alpha value is 4.96. The van der Waals surface area contributed by atoms with Crippen LogP contribution in [0, 0.1) is 41.7 Å². The predicted molar refractivity (Wildman–Crippen MR) is 17.8 cm³/mol. The molecule has 0 aliphatic rings. The molecule has 0 amide bonds. The fourth-order valence-electron chi connectivity index (χ4n) is 0. The van der Waals surface area contributed by atoms with Gasteiger partial charge in [0.15, 0.2) is 0 Å². The van der Waals surface area contributed by atoms with Crippen LogP contribution < -0.4 is 88.7 Å². The quantitative estimate of drug-likeness (QED) is 0.388. The average Bonchev–Trinajstić information content (AvgIpc) is 0. The Balaban J connectivity index is 0. The largest absolute Gasteiger partial charge is 1.00 e. The van der Waals surface area contributed by atoms with Crippen LogP contribution in [0.4, 0.5) is 0 Å². The van der Waals surface area contributed by atoms with Gasteiger partial charge in [-0.05, 0) is 0 Å². The molecule has 0 bridgehead atoms. The zero-order valence-corrected chi connectivity index (χ0v) is 15.1. The molecule has 26 valence electrons. The zero-order valence-electron chi connectivity index (χ0n) is 7.32. The van der Waals surface area contributed by atoms with Crippen molar-refractivity contribution in [2.45, 2.75) is 0 Å². The third-order valence-corrected chi connectivity index (χ3v) is 0. The molecule has 0 radical (unpaired) electrons. The Morgan fingerprint density at radius 2 is 0.667 bits per heavy atom. The van der Waals surface area contributed by atoms with Crippen molar-refractivity contribution in [2.24, 2.45) is 0 Å². The molecule has 0 fully saturated rings. The van der Waals surface area contributed by atoms with E-state index in [0.29, 0.717) is 0 Å². The van der Waals surface area contributed by atoms with Crippen LogP contribution >= 0.6 is 24.8 Å². The first-order valence-corrected chi connectivity index (χ1v) is 0. The predicted octanol–water partition coefficient (Wildman–Crippen LogP) is -7.81. The van der Waals surface area contributed by atoms with Gasteiger partial charge >= 0.3 is 88.7 Å². The van der Waals surface area contributed by atoms with Gasteiger partial charge < -0.3 is 4.28 Å². The van der Waals surface area contributed by atoms with Gasteiger partial charge in [-0.1, -0.05) is 0 Å². The molecule has 0 unspecified atom stereocenters. The van der Waals surface area contributed by atoms with Crippen molar-refractivity contribution in [3.05, 3.63) is 0 Å². The fourth-order valence-corrected chi connectivity index (χ4v) is 0. The second-order valence-electron chi connectivity index (χ2n) is 0. The monoisotopic (exact) mass is 284 g/mol. The molecule has 0 aromatic rings. The summed E-state index contributed by atoms with van der Waals surface area (Å²) >= 11 is 0. The topological polar surface area (TPSA) is 0 Å². The van der Waals surface area contributed by atoms with Crippen LogP contribution in [0.25, 0.3) is 0 Å². The summed E-state index contributed by atoms with van der Waals surface area (Å²) in [5, 5.41) is 0. The second-order valence-corrected chi connectivity index (χ2v) is 0. The normalized spacial score (nSPS) is 0. The number of halogens is 2. The van der Waals surface area contributed by atoms with Crippen molar-refractivity contribution >= 4 is 24.8 Å². The number of hydrogen-bond donors (Lipinski definition) is 0. The molecule has 0 saturated heterocycles. The molecule has 0 rings (SSSR count). The Kier molecular flexibility index (Phi) is 240. The first-order valence-electron chi connectivity index (χ1n) is 0. The molecule has 0 aliphatic carbocycles. The van der Waals surface area contributed by atoms with Crippen molar-refractivity contribution in [1.82, 2.24) is 0 Å². The van der Waals surface area contributed by atoms with Crippen molar-refractivity contribution in [3.8, 4) is 0 Å². The first-order chi connectivity index (χ1) is 0. The minimum absolute atomic E-state index is 0. The van der Waals surface area contributed by atoms with E-state index in [4.69, 9.17) is 0 Å². The smallest absolute Gasteiger partial charge is 1.00 e. The van der Waals surface area contributed by atoms with E-state index in [-0.39, 0.29) is 160 Å². The summed E-state index contributed by atoms with van der Waals surface area (Å²) in [4.78, 5) is 0. The van der Waals surface area contributed by atoms with Crippen LogP contribution in [-0.2, 0) is 0 Å². The van der Waals surface area contributed by atoms with Gasteiger partial charge in [0.05, 0.1) is 0 Å². The zero-order chi connectivity index (χ0) is 0. The molecule has 0 N–H and O–H groups in total. The van der Waals surface area contributed by atoms with Gasteiger partial charge in [0, 0.05) is 41.7 Å². The number of hydrogen-bond acceptors (Lipinski definition) is 0. The molecule has 0 heterocycles. The molecule has 0 spiro atoms. The Bertz CT molecular complexity index is 17.0. The summed E-state index contributed by atoms with van der Waals surface area (Å²) in [6.07, 6.45) is 0. The van der Waals surface area contributed by atoms with Gasteiger partial charge in [0.2, 0.25) is 0 Å². The summed E-state index contributed by atoms with van der Waals surface area (Å²) in [5.41, 5.74) is 0. The van der Waals surface area contributed by atoms with Crippen molar-refractivity contribution in [3.63, 3.8) is 0 Å². The van der Waals surface area contributed by atoms with Crippen LogP contribution in [0.15, 0.2) is 0 Å². The van der Waals surface area contributed by atoms with E-state index >= 15 is 0 Å². The summed E-state index contributed by atoms with van der Waals surface area (Å²) < 4.78 is 0. The van der Waals surface area contributed by atoms with Crippen molar-refractivity contribution in [2.75, 3.05) is 0 Å². The molecular formula is H5CeCl2Na3. The van der Waals surface area contributed by atoms with Crippen molar-refractivity contribution < 1.29 is 135 Å². The summed E-state index contributed by atoms with van der Waals surface area (Å²) in [6.45, 7) is 0. The molecule has 6 heteroatoms. The van der Waals surface area contributed by atoms with E-state index in [2.05, 4.69) is 0 Å². The molecule has 0 nitrogen and oxygen atoms in total. The Morgan fingerprint density at radius 1 is 0.667 bits per heavy atom. The Labute approximate surface area is 155 Å². The van der Waals surface area contributed by atoms with Gasteiger partial charge in [0.1, 0.15) is 0 Å². The third kappa shape index (κ3) is 23.1. The van der Waals surface area contributed by atoms with E-state index in [1.807, 2.05) is 0 Å². The average molecular weight is 285 g/mol. The molecule has 0 atom stereocenters. The van der Waals surface area contributed by atoms with Crippen LogP contribution in [-0.4, -0.2) is 0 Å². The maximum Gasteiger partial charge on any atom is 1.00 e. The molecule has 0 aromatic carbocycles. The summed E-state index contributed by atoms with van der Waals surface area (Å²) in [7, 11) is 0. The van der Waals surface area contributed by atoms with E-state index < -0.39 is 0 Å². The van der Waals surface area contributed by atoms with Gasteiger partial charge in [-0.2, -0.15) is 0 Å². The maximum absolute atomic E-state index is 0. The molecule has 6 heavy (non-hydrogen) atoms. The summed E-state index contributed by atoms with van der Waals surface area (Å²) in [5.74, 6) is 0. The van der Waals surface area contributed by atoms with E-state index in [1.165, 1.54) is 0 Å². The van der Waals surface area contributed by atoms with Gasteiger partial charge in [0.25, 0.3) is 0 Å². The second kappa shape index (κ2) is 32.5. The molecule has 0 saturated carbocycles. The molecule has 0 aromatic heterocycles. The summed E-state index contributed by atoms with van der Waals surface area (Å²) in [6, 6.07) is 0. The minimum atomic E-state index is 0. The van der Waals surface area contributed by atoms with Crippen molar-refractivity contribution in [1.29, 1.82) is 0 Å². The fraction of sp³-hybridized carbons (Fsp3) is 0. The van der Waals surface area contributed by atoms with Gasteiger partial charge in [-0.15, -0.1) is 24.8 Å². The maximum atomic E-state index is 0. The van der Waals surface area contributed by atoms with E-state index in [9.17, 15) is 0 Å².